The van der Waals surface area contributed by atoms with Gasteiger partial charge in [0, 0.05) is 19.4 Å². The summed E-state index contributed by atoms with van der Waals surface area (Å²) in [5.41, 5.74) is 0. The third-order valence-electron chi connectivity index (χ3n) is 2.59. The number of carbonyl (C=O) groups is 3. The fourth-order valence-electron chi connectivity index (χ4n) is 1.49. The van der Waals surface area contributed by atoms with Crippen molar-refractivity contribution in [3.8, 4) is 12.3 Å². The standard InChI is InChI=1S/C13H17F3N2O4/c1-2-3-7-10(19)18-9(11(20)21)6-4-5-8-17-12(22)13(14,15)16/h1,9H,3-8H2,(H,17,22)(H,18,19)(H,20,21). The van der Waals surface area contributed by atoms with Crippen molar-refractivity contribution in [3.05, 3.63) is 0 Å². The zero-order valence-electron chi connectivity index (χ0n) is 11.7. The van der Waals surface area contributed by atoms with Crippen LogP contribution in [-0.4, -0.2) is 41.7 Å². The summed E-state index contributed by atoms with van der Waals surface area (Å²) in [7, 11) is 0. The molecule has 0 aliphatic rings. The fraction of sp³-hybridized carbons (Fsp3) is 0.615. The number of rotatable bonds is 9. The topological polar surface area (TPSA) is 95.5 Å². The molecule has 0 saturated heterocycles. The Bertz CT molecular complexity index is 444. The molecule has 6 nitrogen and oxygen atoms in total. The van der Waals surface area contributed by atoms with E-state index >= 15 is 0 Å². The van der Waals surface area contributed by atoms with Gasteiger partial charge in [0.05, 0.1) is 0 Å². The number of halogens is 3. The van der Waals surface area contributed by atoms with Gasteiger partial charge in [-0.2, -0.15) is 13.2 Å². The number of nitrogens with one attached hydrogen (secondary N) is 2. The van der Waals surface area contributed by atoms with Crippen LogP contribution in [0.5, 0.6) is 0 Å². The van der Waals surface area contributed by atoms with Crippen LogP contribution in [0.25, 0.3) is 0 Å². The van der Waals surface area contributed by atoms with Gasteiger partial charge in [0.1, 0.15) is 6.04 Å². The number of carboxylic acid groups (broad SMARTS) is 1. The molecule has 9 heteroatoms. The lowest BCUT2D eigenvalue weighted by Gasteiger charge is -2.14. The van der Waals surface area contributed by atoms with Crippen molar-refractivity contribution < 1.29 is 32.7 Å². The van der Waals surface area contributed by atoms with Crippen LogP contribution in [0.2, 0.25) is 0 Å². The van der Waals surface area contributed by atoms with Crippen molar-refractivity contribution in [2.75, 3.05) is 6.54 Å². The lowest BCUT2D eigenvalue weighted by atomic mass is 10.1. The summed E-state index contributed by atoms with van der Waals surface area (Å²) < 4.78 is 35.7. The van der Waals surface area contributed by atoms with Gasteiger partial charge in [-0.3, -0.25) is 9.59 Å². The highest BCUT2D eigenvalue weighted by molar-refractivity contribution is 5.83. The van der Waals surface area contributed by atoms with Crippen molar-refractivity contribution in [2.45, 2.75) is 44.3 Å². The number of hydrogen-bond acceptors (Lipinski definition) is 3. The van der Waals surface area contributed by atoms with Crippen LogP contribution in [0.3, 0.4) is 0 Å². The number of hydrogen-bond donors (Lipinski definition) is 3. The average molecular weight is 322 g/mol. The molecule has 0 spiro atoms. The van der Waals surface area contributed by atoms with Crippen LogP contribution >= 0.6 is 0 Å². The molecule has 0 rings (SSSR count). The number of terminal acetylenes is 1. The smallest absolute Gasteiger partial charge is 0.471 e. The van der Waals surface area contributed by atoms with E-state index in [4.69, 9.17) is 11.5 Å². The maximum Gasteiger partial charge on any atom is 0.471 e. The number of carbonyl (C=O) groups excluding carboxylic acids is 2. The number of carboxylic acids is 1. The zero-order valence-corrected chi connectivity index (χ0v) is 11.7. The molecule has 0 aromatic rings. The van der Waals surface area contributed by atoms with Crippen LogP contribution in [0, 0.1) is 12.3 Å². The second kappa shape index (κ2) is 9.65. The first-order valence-electron chi connectivity index (χ1n) is 6.49. The normalized spacial score (nSPS) is 12.1. The minimum Gasteiger partial charge on any atom is -0.480 e. The Morgan fingerprint density at radius 2 is 1.86 bits per heavy atom. The quantitative estimate of drug-likeness (QED) is 0.432. The Balaban J connectivity index is 4.02. The van der Waals surface area contributed by atoms with E-state index in [-0.39, 0.29) is 38.6 Å². The van der Waals surface area contributed by atoms with E-state index in [0.717, 1.165) is 0 Å². The van der Waals surface area contributed by atoms with E-state index in [0.29, 0.717) is 0 Å². The maximum absolute atomic E-state index is 11.9. The number of unbranched alkanes of at least 4 members (excludes halogenated alkanes) is 1. The van der Waals surface area contributed by atoms with Crippen molar-refractivity contribution in [1.29, 1.82) is 0 Å². The molecular formula is C13H17F3N2O4. The average Bonchev–Trinajstić information content (AvgIpc) is 2.41. The summed E-state index contributed by atoms with van der Waals surface area (Å²) in [5, 5.41) is 12.9. The van der Waals surface area contributed by atoms with Gasteiger partial charge in [0.2, 0.25) is 5.91 Å². The van der Waals surface area contributed by atoms with Gasteiger partial charge in [-0.15, -0.1) is 12.3 Å². The lowest BCUT2D eigenvalue weighted by molar-refractivity contribution is -0.173. The van der Waals surface area contributed by atoms with Crippen LogP contribution < -0.4 is 10.6 Å². The Labute approximate surface area is 125 Å². The molecule has 2 amide bonds. The first kappa shape index (κ1) is 19.8. The van der Waals surface area contributed by atoms with E-state index in [9.17, 15) is 27.6 Å². The van der Waals surface area contributed by atoms with Crippen molar-refractivity contribution >= 4 is 17.8 Å². The monoisotopic (exact) mass is 322 g/mol. The summed E-state index contributed by atoms with van der Waals surface area (Å²) in [5.74, 6) is -1.54. The molecule has 0 aliphatic carbocycles. The molecule has 1 unspecified atom stereocenters. The molecular weight excluding hydrogens is 305 g/mol. The van der Waals surface area contributed by atoms with E-state index in [1.807, 2.05) is 0 Å². The van der Waals surface area contributed by atoms with E-state index < -0.39 is 30.0 Å². The van der Waals surface area contributed by atoms with Gasteiger partial charge in [-0.05, 0) is 19.3 Å². The van der Waals surface area contributed by atoms with Gasteiger partial charge in [-0.1, -0.05) is 0 Å². The van der Waals surface area contributed by atoms with Crippen LogP contribution in [0.4, 0.5) is 13.2 Å². The van der Waals surface area contributed by atoms with Crippen molar-refractivity contribution in [3.63, 3.8) is 0 Å². The van der Waals surface area contributed by atoms with Gasteiger partial charge < -0.3 is 15.7 Å². The second-order valence-corrected chi connectivity index (χ2v) is 4.41. The second-order valence-electron chi connectivity index (χ2n) is 4.41. The number of aliphatic carboxylic acids is 1. The Kier molecular flexibility index (Phi) is 8.67. The van der Waals surface area contributed by atoms with Crippen LogP contribution in [0.15, 0.2) is 0 Å². The molecule has 0 saturated carbocycles. The highest BCUT2D eigenvalue weighted by atomic mass is 19.4. The van der Waals surface area contributed by atoms with Gasteiger partial charge in [0.25, 0.3) is 0 Å². The summed E-state index contributed by atoms with van der Waals surface area (Å²) in [4.78, 5) is 32.8. The van der Waals surface area contributed by atoms with Gasteiger partial charge in [0.15, 0.2) is 0 Å². The molecule has 124 valence electrons. The number of amides is 2. The Morgan fingerprint density at radius 1 is 1.23 bits per heavy atom. The van der Waals surface area contributed by atoms with Crippen molar-refractivity contribution in [2.24, 2.45) is 0 Å². The summed E-state index contributed by atoms with van der Waals surface area (Å²) in [6.07, 6.45) is 0.649. The molecule has 0 heterocycles. The fourth-order valence-corrected chi connectivity index (χ4v) is 1.49. The summed E-state index contributed by atoms with van der Waals surface area (Å²) >= 11 is 0. The van der Waals surface area contributed by atoms with Crippen LogP contribution in [-0.2, 0) is 14.4 Å². The third-order valence-corrected chi connectivity index (χ3v) is 2.59. The van der Waals surface area contributed by atoms with E-state index in [1.165, 1.54) is 0 Å². The third kappa shape index (κ3) is 8.84. The number of alkyl halides is 3. The first-order chi connectivity index (χ1) is 10.2. The molecule has 0 bridgehead atoms. The molecule has 0 radical (unpaired) electrons. The lowest BCUT2D eigenvalue weighted by Crippen LogP contribution is -2.41. The molecule has 1 atom stereocenters. The van der Waals surface area contributed by atoms with Gasteiger partial charge >= 0.3 is 18.1 Å². The minimum absolute atomic E-state index is 0.00190. The van der Waals surface area contributed by atoms with Gasteiger partial charge in [-0.25, -0.2) is 4.79 Å². The minimum atomic E-state index is -4.94. The predicted molar refractivity (Wildman–Crippen MR) is 70.5 cm³/mol. The summed E-state index contributed by atoms with van der Waals surface area (Å²) in [6.45, 7) is -0.226. The molecule has 3 N–H and O–H groups in total. The highest BCUT2D eigenvalue weighted by Crippen LogP contribution is 2.14. The van der Waals surface area contributed by atoms with Crippen molar-refractivity contribution in [1.82, 2.24) is 10.6 Å². The van der Waals surface area contributed by atoms with E-state index in [2.05, 4.69) is 11.2 Å². The Morgan fingerprint density at radius 3 is 2.36 bits per heavy atom. The SMILES string of the molecule is C#CCCC(=O)NC(CCCCNC(=O)C(F)(F)F)C(=O)O. The molecule has 0 aliphatic heterocycles. The zero-order chi connectivity index (χ0) is 17.2. The molecule has 0 fully saturated rings. The maximum atomic E-state index is 11.9. The Hall–Kier alpha value is -2.24. The molecule has 0 aromatic heterocycles. The van der Waals surface area contributed by atoms with Crippen LogP contribution in [0.1, 0.15) is 32.1 Å². The first-order valence-corrected chi connectivity index (χ1v) is 6.49. The largest absolute Gasteiger partial charge is 0.480 e. The highest BCUT2D eigenvalue weighted by Gasteiger charge is 2.38. The molecule has 22 heavy (non-hydrogen) atoms. The summed E-state index contributed by atoms with van der Waals surface area (Å²) in [6, 6.07) is -1.14. The van der Waals surface area contributed by atoms with E-state index in [1.54, 1.807) is 5.32 Å². The predicted octanol–water partition coefficient (Wildman–Crippen LogP) is 0.818. The molecule has 0 aromatic carbocycles.